The summed E-state index contributed by atoms with van der Waals surface area (Å²) in [5, 5.41) is 3.05. The second kappa shape index (κ2) is 6.76. The highest BCUT2D eigenvalue weighted by Gasteiger charge is 2.43. The lowest BCUT2D eigenvalue weighted by Gasteiger charge is -2.38. The van der Waals surface area contributed by atoms with Gasteiger partial charge in [0, 0.05) is 24.8 Å². The van der Waals surface area contributed by atoms with Crippen LogP contribution in [0, 0.1) is 17.8 Å². The highest BCUT2D eigenvalue weighted by molar-refractivity contribution is 7.92. The molecule has 2 saturated heterocycles. The summed E-state index contributed by atoms with van der Waals surface area (Å²) in [4.78, 5) is 14.9. The smallest absolute Gasteiger partial charge is 0.317 e. The molecule has 2 atom stereocenters. The zero-order valence-corrected chi connectivity index (χ0v) is 16.0. The maximum Gasteiger partial charge on any atom is 0.317 e. The highest BCUT2D eigenvalue weighted by atomic mass is 32.2. The van der Waals surface area contributed by atoms with Crippen LogP contribution in [0.25, 0.3) is 0 Å². The van der Waals surface area contributed by atoms with Crippen molar-refractivity contribution >= 4 is 21.7 Å². The molecule has 6 nitrogen and oxygen atoms in total. The molecule has 1 aromatic rings. The first kappa shape index (κ1) is 17.6. The van der Waals surface area contributed by atoms with E-state index in [9.17, 15) is 13.2 Å². The molecule has 2 aliphatic carbocycles. The second-order valence-electron chi connectivity index (χ2n) is 8.31. The number of carbonyl (C=O) groups excluding carboxylic acids is 1. The molecule has 0 spiro atoms. The Morgan fingerprint density at radius 2 is 1.65 bits per heavy atom. The van der Waals surface area contributed by atoms with Crippen molar-refractivity contribution in [2.75, 3.05) is 17.5 Å². The Kier molecular flexibility index (Phi) is 4.59. The molecule has 2 aliphatic heterocycles. The maximum absolute atomic E-state index is 12.8. The number of nitrogens with one attached hydrogen (secondary N) is 2. The minimum absolute atomic E-state index is 0.0431. The van der Waals surface area contributed by atoms with E-state index in [4.69, 9.17) is 0 Å². The van der Waals surface area contributed by atoms with Gasteiger partial charge in [-0.3, -0.25) is 4.72 Å². The molecular weight excluding hydrogens is 350 g/mol. The zero-order valence-electron chi connectivity index (χ0n) is 15.1. The molecule has 4 bridgehead atoms. The van der Waals surface area contributed by atoms with E-state index in [2.05, 4.69) is 14.9 Å². The van der Waals surface area contributed by atoms with Crippen molar-refractivity contribution in [2.45, 2.75) is 44.7 Å². The quantitative estimate of drug-likeness (QED) is 0.847. The normalized spacial score (nSPS) is 30.1. The number of amides is 2. The van der Waals surface area contributed by atoms with Gasteiger partial charge in [-0.2, -0.15) is 0 Å². The van der Waals surface area contributed by atoms with Crippen LogP contribution in [-0.4, -0.2) is 38.2 Å². The fourth-order valence-electron chi connectivity index (χ4n) is 5.22. The number of anilines is 1. The van der Waals surface area contributed by atoms with Gasteiger partial charge in [0.15, 0.2) is 0 Å². The third-order valence-corrected chi connectivity index (χ3v) is 6.67. The third kappa shape index (κ3) is 3.98. The monoisotopic (exact) mass is 377 g/mol. The molecule has 2 unspecified atom stereocenters. The summed E-state index contributed by atoms with van der Waals surface area (Å²) in [6.07, 6.45) is 7.44. The molecule has 7 heteroatoms. The fraction of sp³-hybridized carbons (Fsp3) is 0.632. The number of rotatable bonds is 4. The molecule has 2 N–H and O–H groups in total. The Labute approximate surface area is 155 Å². The largest absolute Gasteiger partial charge is 0.334 e. The van der Waals surface area contributed by atoms with E-state index in [1.54, 1.807) is 12.1 Å². The molecule has 4 aliphatic rings. The van der Waals surface area contributed by atoms with Gasteiger partial charge in [0.2, 0.25) is 10.0 Å². The Morgan fingerprint density at radius 3 is 2.27 bits per heavy atom. The summed E-state index contributed by atoms with van der Waals surface area (Å²) in [6, 6.07) is 7.56. The van der Waals surface area contributed by atoms with E-state index in [1.165, 1.54) is 32.1 Å². The molecule has 0 aromatic heterocycles. The molecular formula is C19H27N3O3S. The van der Waals surface area contributed by atoms with Crippen LogP contribution >= 0.6 is 0 Å². The lowest BCUT2D eigenvalue weighted by atomic mass is 9.68. The topological polar surface area (TPSA) is 78.5 Å². The Morgan fingerprint density at radius 1 is 1.04 bits per heavy atom. The standard InChI is InChI=1S/C19H27N3O3S/c1-26(24,25)21-17-4-2-13(3-5-17)11-20-19(23)22-12-16-7-14-6-15(8-16)10-18(22)9-14/h2-5,14-16,18,21H,6-12H2,1H3,(H,20,23). The molecule has 2 amide bonds. The fourth-order valence-corrected chi connectivity index (χ4v) is 5.78. The van der Waals surface area contributed by atoms with Crippen molar-refractivity contribution in [1.29, 1.82) is 0 Å². The van der Waals surface area contributed by atoms with E-state index in [0.717, 1.165) is 30.2 Å². The van der Waals surface area contributed by atoms with Gasteiger partial charge in [0.25, 0.3) is 0 Å². The van der Waals surface area contributed by atoms with Crippen molar-refractivity contribution in [3.05, 3.63) is 29.8 Å². The maximum atomic E-state index is 12.8. The number of carbonyl (C=O) groups is 1. The molecule has 4 fully saturated rings. The van der Waals surface area contributed by atoms with Crippen molar-refractivity contribution in [3.8, 4) is 0 Å². The van der Waals surface area contributed by atoms with E-state index >= 15 is 0 Å². The van der Waals surface area contributed by atoms with Gasteiger partial charge in [0.1, 0.15) is 0 Å². The van der Waals surface area contributed by atoms with Crippen LogP contribution in [-0.2, 0) is 16.6 Å². The number of fused-ring (bicyclic) bond motifs is 1. The highest BCUT2D eigenvalue weighted by Crippen LogP contribution is 2.47. The number of urea groups is 1. The van der Waals surface area contributed by atoms with Gasteiger partial charge in [-0.05, 0) is 67.6 Å². The van der Waals surface area contributed by atoms with Crippen LogP contribution in [0.15, 0.2) is 24.3 Å². The summed E-state index contributed by atoms with van der Waals surface area (Å²) < 4.78 is 24.9. The SMILES string of the molecule is CS(=O)(=O)Nc1ccc(CNC(=O)N2CC3CC4CC(C3)CC2C4)cc1. The van der Waals surface area contributed by atoms with E-state index in [-0.39, 0.29) is 6.03 Å². The first-order valence-corrected chi connectivity index (χ1v) is 11.4. The van der Waals surface area contributed by atoms with Gasteiger partial charge in [-0.25, -0.2) is 13.2 Å². The predicted octanol–water partition coefficient (Wildman–Crippen LogP) is 2.78. The number of hydrogen-bond acceptors (Lipinski definition) is 3. The minimum atomic E-state index is -3.27. The number of hydrogen-bond donors (Lipinski definition) is 2. The average molecular weight is 378 g/mol. The molecule has 2 saturated carbocycles. The van der Waals surface area contributed by atoms with Crippen molar-refractivity contribution in [3.63, 3.8) is 0 Å². The van der Waals surface area contributed by atoms with Gasteiger partial charge < -0.3 is 10.2 Å². The summed E-state index contributed by atoms with van der Waals surface area (Å²) >= 11 is 0. The first-order valence-electron chi connectivity index (χ1n) is 9.47. The van der Waals surface area contributed by atoms with Crippen molar-refractivity contribution in [1.82, 2.24) is 10.2 Å². The summed E-state index contributed by atoms with van der Waals surface area (Å²) in [7, 11) is -3.27. The Hall–Kier alpha value is -1.76. The van der Waals surface area contributed by atoms with Crippen LogP contribution < -0.4 is 10.0 Å². The number of benzene rings is 1. The Bertz CT molecular complexity index is 764. The molecule has 142 valence electrons. The van der Waals surface area contributed by atoms with Crippen LogP contribution in [0.5, 0.6) is 0 Å². The number of nitrogens with zero attached hydrogens (tertiary/aromatic N) is 1. The molecule has 26 heavy (non-hydrogen) atoms. The van der Waals surface area contributed by atoms with Gasteiger partial charge in [0.05, 0.1) is 6.26 Å². The van der Waals surface area contributed by atoms with E-state index < -0.39 is 10.0 Å². The summed E-state index contributed by atoms with van der Waals surface area (Å²) in [6.45, 7) is 1.36. The van der Waals surface area contributed by atoms with Crippen LogP contribution in [0.3, 0.4) is 0 Å². The Balaban J connectivity index is 1.35. The molecule has 0 radical (unpaired) electrons. The van der Waals surface area contributed by atoms with Crippen LogP contribution in [0.4, 0.5) is 10.5 Å². The van der Waals surface area contributed by atoms with Crippen LogP contribution in [0.1, 0.15) is 37.7 Å². The lowest BCUT2D eigenvalue weighted by Crippen LogP contribution is -2.47. The van der Waals surface area contributed by atoms with E-state index in [0.29, 0.717) is 24.2 Å². The van der Waals surface area contributed by atoms with Gasteiger partial charge >= 0.3 is 6.03 Å². The summed E-state index contributed by atoms with van der Waals surface area (Å²) in [5.74, 6) is 2.33. The van der Waals surface area contributed by atoms with Gasteiger partial charge in [-0.1, -0.05) is 12.1 Å². The number of sulfonamides is 1. The molecule has 2 heterocycles. The lowest BCUT2D eigenvalue weighted by molar-refractivity contribution is 0.131. The van der Waals surface area contributed by atoms with Gasteiger partial charge in [-0.15, -0.1) is 0 Å². The van der Waals surface area contributed by atoms with Crippen molar-refractivity contribution in [2.24, 2.45) is 17.8 Å². The van der Waals surface area contributed by atoms with Crippen molar-refractivity contribution < 1.29 is 13.2 Å². The van der Waals surface area contributed by atoms with Crippen LogP contribution in [0.2, 0.25) is 0 Å². The first-order chi connectivity index (χ1) is 12.4. The predicted molar refractivity (Wildman–Crippen MR) is 101 cm³/mol. The molecule has 5 rings (SSSR count). The zero-order chi connectivity index (χ0) is 18.3. The second-order valence-corrected chi connectivity index (χ2v) is 10.1. The van der Waals surface area contributed by atoms with E-state index in [1.807, 2.05) is 12.1 Å². The minimum Gasteiger partial charge on any atom is -0.334 e. The summed E-state index contributed by atoms with van der Waals surface area (Å²) in [5.41, 5.74) is 1.49. The molecule has 1 aromatic carbocycles. The third-order valence-electron chi connectivity index (χ3n) is 6.07. The average Bonchev–Trinajstić information content (AvgIpc) is 2.76.